The fourth-order valence-corrected chi connectivity index (χ4v) is 4.80. The van der Waals surface area contributed by atoms with Gasteiger partial charge >= 0.3 is 0 Å². The smallest absolute Gasteiger partial charge is 0.163 e. The van der Waals surface area contributed by atoms with Gasteiger partial charge in [0.2, 0.25) is 0 Å². The lowest BCUT2D eigenvalue weighted by atomic mass is 10.2. The molecule has 3 heterocycles. The number of methoxy groups -OCH3 is 1. The highest BCUT2D eigenvalue weighted by atomic mass is 35.5. The number of hydrogen-bond acceptors (Lipinski definition) is 8. The Bertz CT molecular complexity index is 1270. The number of halogens is 1. The van der Waals surface area contributed by atoms with Crippen LogP contribution >= 0.6 is 22.9 Å². The van der Waals surface area contributed by atoms with E-state index in [2.05, 4.69) is 20.6 Å². The molecule has 1 aliphatic rings. The highest BCUT2D eigenvalue weighted by molar-refractivity contribution is 7.11. The average Bonchev–Trinajstić information content (AvgIpc) is 3.23. The van der Waals surface area contributed by atoms with Crippen LogP contribution in [-0.4, -0.2) is 28.6 Å². The standard InChI is InChI=1S/C23H22ClN5O2S/c1-13-3-4-14(7-16(13)24)28-23-15-8-19(30-2)20(9-18(15)26-12-27-23)31-11-22-29-17-5-6-25-10-21(17)32-22/h3-4,7-9,12,25H,5-6,10-11H2,1-2H3,(H,26,27,28). The minimum absolute atomic E-state index is 0.386. The fraction of sp³-hybridized carbons (Fsp3) is 0.261. The van der Waals surface area contributed by atoms with Crippen LogP contribution in [-0.2, 0) is 19.6 Å². The summed E-state index contributed by atoms with van der Waals surface area (Å²) in [6.07, 6.45) is 2.49. The maximum Gasteiger partial charge on any atom is 0.163 e. The van der Waals surface area contributed by atoms with Crippen LogP contribution < -0.4 is 20.1 Å². The zero-order valence-electron chi connectivity index (χ0n) is 17.7. The molecule has 0 aliphatic carbocycles. The summed E-state index contributed by atoms with van der Waals surface area (Å²) in [6, 6.07) is 9.57. The molecule has 0 atom stereocenters. The number of nitrogens with zero attached hydrogens (tertiary/aromatic N) is 3. The van der Waals surface area contributed by atoms with Gasteiger partial charge in [-0.3, -0.25) is 0 Å². The van der Waals surface area contributed by atoms with Crippen LogP contribution in [0.15, 0.2) is 36.7 Å². The first-order valence-corrected chi connectivity index (χ1v) is 11.5. The zero-order valence-corrected chi connectivity index (χ0v) is 19.3. The van der Waals surface area contributed by atoms with Crippen molar-refractivity contribution in [2.45, 2.75) is 26.5 Å². The SMILES string of the molecule is COc1cc2c(Nc3ccc(C)c(Cl)c3)ncnc2cc1OCc1nc2c(s1)CNCC2. The molecular formula is C23H22ClN5O2S. The van der Waals surface area contributed by atoms with Gasteiger partial charge in [0.25, 0.3) is 0 Å². The molecule has 5 rings (SSSR count). The van der Waals surface area contributed by atoms with E-state index in [1.165, 1.54) is 16.9 Å². The summed E-state index contributed by atoms with van der Waals surface area (Å²) >= 11 is 7.96. The third-order valence-corrected chi connectivity index (χ3v) is 6.83. The predicted molar refractivity (Wildman–Crippen MR) is 127 cm³/mol. The van der Waals surface area contributed by atoms with Crippen molar-refractivity contribution in [1.82, 2.24) is 20.3 Å². The van der Waals surface area contributed by atoms with Crippen molar-refractivity contribution < 1.29 is 9.47 Å². The molecule has 4 aromatic rings. The van der Waals surface area contributed by atoms with Crippen molar-refractivity contribution in [2.24, 2.45) is 0 Å². The van der Waals surface area contributed by atoms with Crippen LogP contribution in [0.4, 0.5) is 11.5 Å². The number of hydrogen-bond donors (Lipinski definition) is 2. The number of benzene rings is 2. The molecule has 2 aromatic carbocycles. The van der Waals surface area contributed by atoms with Gasteiger partial charge in [-0.25, -0.2) is 15.0 Å². The van der Waals surface area contributed by atoms with E-state index in [9.17, 15) is 0 Å². The maximum atomic E-state index is 6.27. The lowest BCUT2D eigenvalue weighted by Gasteiger charge is -2.13. The highest BCUT2D eigenvalue weighted by Gasteiger charge is 2.17. The maximum absolute atomic E-state index is 6.27. The van der Waals surface area contributed by atoms with Crippen molar-refractivity contribution in [3.05, 3.63) is 62.8 Å². The second-order valence-corrected chi connectivity index (χ2v) is 9.10. The van der Waals surface area contributed by atoms with E-state index in [0.717, 1.165) is 46.7 Å². The molecule has 164 valence electrons. The van der Waals surface area contributed by atoms with Gasteiger partial charge in [0.1, 0.15) is 23.8 Å². The fourth-order valence-electron chi connectivity index (χ4n) is 3.62. The first-order chi connectivity index (χ1) is 15.6. The van der Waals surface area contributed by atoms with E-state index < -0.39 is 0 Å². The number of aromatic nitrogens is 3. The van der Waals surface area contributed by atoms with Gasteiger partial charge < -0.3 is 20.1 Å². The molecule has 1 aliphatic heterocycles. The molecule has 0 spiro atoms. The first-order valence-electron chi connectivity index (χ1n) is 10.3. The summed E-state index contributed by atoms with van der Waals surface area (Å²) in [6.45, 7) is 4.21. The van der Waals surface area contributed by atoms with Crippen molar-refractivity contribution in [2.75, 3.05) is 19.0 Å². The Morgan fingerprint density at radius 1 is 1.19 bits per heavy atom. The van der Waals surface area contributed by atoms with Gasteiger partial charge in [-0.15, -0.1) is 11.3 Å². The summed E-state index contributed by atoms with van der Waals surface area (Å²) in [5, 5.41) is 9.18. The molecule has 7 nitrogen and oxygen atoms in total. The van der Waals surface area contributed by atoms with Crippen LogP contribution in [0.3, 0.4) is 0 Å². The Morgan fingerprint density at radius 2 is 2.09 bits per heavy atom. The molecule has 0 amide bonds. The molecule has 0 fully saturated rings. The quantitative estimate of drug-likeness (QED) is 0.411. The Labute approximate surface area is 194 Å². The molecule has 9 heteroatoms. The Hall–Kier alpha value is -2.94. The summed E-state index contributed by atoms with van der Waals surface area (Å²) in [5.41, 5.74) is 3.80. The molecule has 0 saturated carbocycles. The minimum atomic E-state index is 0.386. The molecule has 0 saturated heterocycles. The van der Waals surface area contributed by atoms with Gasteiger partial charge in [-0.05, 0) is 30.7 Å². The van der Waals surface area contributed by atoms with Crippen molar-refractivity contribution in [3.63, 3.8) is 0 Å². The molecule has 0 unspecified atom stereocenters. The minimum Gasteiger partial charge on any atom is -0.493 e. The molecule has 32 heavy (non-hydrogen) atoms. The van der Waals surface area contributed by atoms with Crippen LogP contribution in [0.5, 0.6) is 11.5 Å². The third kappa shape index (κ3) is 4.21. The first kappa shape index (κ1) is 20.9. The largest absolute Gasteiger partial charge is 0.493 e. The van der Waals surface area contributed by atoms with Crippen molar-refractivity contribution >= 4 is 45.3 Å². The summed E-state index contributed by atoms with van der Waals surface area (Å²) in [4.78, 5) is 14.9. The average molecular weight is 468 g/mol. The molecule has 2 N–H and O–H groups in total. The Balaban J connectivity index is 1.42. The van der Waals surface area contributed by atoms with Gasteiger partial charge in [0.15, 0.2) is 11.5 Å². The number of thiazole rings is 1. The Kier molecular flexibility index (Phi) is 5.82. The molecule has 2 aromatic heterocycles. The molecule has 0 bridgehead atoms. The van der Waals surface area contributed by atoms with E-state index >= 15 is 0 Å². The number of rotatable bonds is 6. The Morgan fingerprint density at radius 3 is 2.91 bits per heavy atom. The molecular weight excluding hydrogens is 446 g/mol. The number of ether oxygens (including phenoxy) is 2. The lowest BCUT2D eigenvalue weighted by Crippen LogP contribution is -2.22. The van der Waals surface area contributed by atoms with E-state index in [-0.39, 0.29) is 0 Å². The summed E-state index contributed by atoms with van der Waals surface area (Å²) < 4.78 is 11.7. The van der Waals surface area contributed by atoms with E-state index in [4.69, 9.17) is 26.1 Å². The topological polar surface area (TPSA) is 81.2 Å². The number of nitrogens with one attached hydrogen (secondary N) is 2. The number of anilines is 2. The lowest BCUT2D eigenvalue weighted by molar-refractivity contribution is 0.284. The van der Waals surface area contributed by atoms with E-state index in [1.54, 1.807) is 18.4 Å². The van der Waals surface area contributed by atoms with E-state index in [1.807, 2.05) is 37.3 Å². The normalized spacial score (nSPS) is 13.1. The second-order valence-electron chi connectivity index (χ2n) is 7.52. The highest BCUT2D eigenvalue weighted by Crippen LogP contribution is 2.36. The third-order valence-electron chi connectivity index (χ3n) is 5.35. The van der Waals surface area contributed by atoms with Crippen molar-refractivity contribution in [3.8, 4) is 11.5 Å². The van der Waals surface area contributed by atoms with E-state index in [0.29, 0.717) is 28.9 Å². The van der Waals surface area contributed by atoms with Gasteiger partial charge in [0, 0.05) is 46.6 Å². The van der Waals surface area contributed by atoms with Gasteiger partial charge in [-0.1, -0.05) is 17.7 Å². The summed E-state index contributed by atoms with van der Waals surface area (Å²) in [7, 11) is 1.62. The second kappa shape index (κ2) is 8.90. The number of fused-ring (bicyclic) bond motifs is 2. The van der Waals surface area contributed by atoms with Crippen LogP contribution in [0.25, 0.3) is 10.9 Å². The van der Waals surface area contributed by atoms with Gasteiger partial charge in [-0.2, -0.15) is 0 Å². The van der Waals surface area contributed by atoms with Crippen molar-refractivity contribution in [1.29, 1.82) is 0 Å². The van der Waals surface area contributed by atoms with Gasteiger partial charge in [0.05, 0.1) is 18.3 Å². The predicted octanol–water partition coefficient (Wildman–Crippen LogP) is 5.03. The van der Waals surface area contributed by atoms with Crippen LogP contribution in [0.1, 0.15) is 21.1 Å². The summed E-state index contributed by atoms with van der Waals surface area (Å²) in [5.74, 6) is 1.90. The zero-order chi connectivity index (χ0) is 22.1. The monoisotopic (exact) mass is 467 g/mol. The van der Waals surface area contributed by atoms with Crippen LogP contribution in [0, 0.1) is 6.92 Å². The number of aryl methyl sites for hydroxylation is 1. The van der Waals surface area contributed by atoms with Crippen LogP contribution in [0.2, 0.25) is 5.02 Å². The molecule has 0 radical (unpaired) electrons.